The number of hydrogen-bond acceptors (Lipinski definition) is 1. The molecule has 2 rings (SSSR count). The summed E-state index contributed by atoms with van der Waals surface area (Å²) in [7, 11) is 0. The van der Waals surface area contributed by atoms with Gasteiger partial charge in [-0.05, 0) is 35.0 Å². The molecule has 0 amide bonds. The summed E-state index contributed by atoms with van der Waals surface area (Å²) in [4.78, 5) is 1.85. The molecule has 1 unspecified atom stereocenters. The van der Waals surface area contributed by atoms with Gasteiger partial charge in [0.2, 0.25) is 0 Å². The Balaban J connectivity index is 2.43. The number of benzene rings is 1. The van der Waals surface area contributed by atoms with Gasteiger partial charge in [-0.25, -0.2) is 8.78 Å². The van der Waals surface area contributed by atoms with Crippen LogP contribution >= 0.6 is 38.9 Å². The average molecular weight is 338 g/mol. The van der Waals surface area contributed by atoms with E-state index in [0.717, 1.165) is 20.3 Å². The zero-order chi connectivity index (χ0) is 12.6. The van der Waals surface area contributed by atoms with E-state index >= 15 is 0 Å². The number of aryl methyl sites for hydroxylation is 1. The largest absolute Gasteiger partial charge is 0.204 e. The highest BCUT2D eigenvalue weighted by atomic mass is 79.9. The third-order valence-electron chi connectivity index (χ3n) is 2.38. The van der Waals surface area contributed by atoms with Gasteiger partial charge in [0.05, 0.1) is 5.38 Å². The molecular formula is C12H8BrClF2S. The fourth-order valence-corrected chi connectivity index (χ4v) is 3.40. The molecule has 1 aromatic heterocycles. The van der Waals surface area contributed by atoms with Crippen LogP contribution in [0.15, 0.2) is 28.7 Å². The van der Waals surface area contributed by atoms with Gasteiger partial charge in [0.25, 0.3) is 0 Å². The molecule has 90 valence electrons. The lowest BCUT2D eigenvalue weighted by atomic mass is 10.1. The molecule has 2 aromatic rings. The zero-order valence-electron chi connectivity index (χ0n) is 8.81. The highest BCUT2D eigenvalue weighted by Gasteiger charge is 2.20. The van der Waals surface area contributed by atoms with Crippen LogP contribution in [0.2, 0.25) is 0 Å². The summed E-state index contributed by atoms with van der Waals surface area (Å²) in [6, 6.07) is 5.87. The number of hydrogen-bond donors (Lipinski definition) is 0. The zero-order valence-corrected chi connectivity index (χ0v) is 12.0. The molecule has 0 saturated carbocycles. The molecule has 0 spiro atoms. The van der Waals surface area contributed by atoms with Crippen LogP contribution in [0.1, 0.15) is 20.7 Å². The number of thiophene rings is 1. The van der Waals surface area contributed by atoms with Crippen molar-refractivity contribution in [3.63, 3.8) is 0 Å². The van der Waals surface area contributed by atoms with Gasteiger partial charge < -0.3 is 0 Å². The fraction of sp³-hybridized carbons (Fsp3) is 0.167. The number of alkyl halides is 1. The van der Waals surface area contributed by atoms with Crippen molar-refractivity contribution in [2.24, 2.45) is 0 Å². The predicted octanol–water partition coefficient (Wildman–Crippen LogP) is 5.43. The van der Waals surface area contributed by atoms with E-state index in [1.165, 1.54) is 23.5 Å². The van der Waals surface area contributed by atoms with E-state index in [0.29, 0.717) is 0 Å². The molecule has 0 aliphatic heterocycles. The van der Waals surface area contributed by atoms with Crippen LogP contribution in [0.25, 0.3) is 0 Å². The van der Waals surface area contributed by atoms with E-state index in [9.17, 15) is 8.78 Å². The van der Waals surface area contributed by atoms with Gasteiger partial charge in [-0.15, -0.1) is 22.9 Å². The van der Waals surface area contributed by atoms with E-state index in [4.69, 9.17) is 11.6 Å². The lowest BCUT2D eigenvalue weighted by molar-refractivity contribution is 0.500. The second kappa shape index (κ2) is 5.04. The minimum Gasteiger partial charge on any atom is -0.204 e. The van der Waals surface area contributed by atoms with Crippen molar-refractivity contribution in [2.75, 3.05) is 0 Å². The third-order valence-corrected chi connectivity index (χ3v) is 5.18. The Hall–Kier alpha value is -0.450. The minimum absolute atomic E-state index is 0.167. The maximum absolute atomic E-state index is 13.6. The maximum Gasteiger partial charge on any atom is 0.163 e. The van der Waals surface area contributed by atoms with Crippen LogP contribution in [0.3, 0.4) is 0 Å². The standard InChI is InChI=1S/C12H8BrClF2S/c1-6-8(13)5-10(17-6)11(14)7-3-2-4-9(15)12(7)16/h2-5,11H,1H3. The van der Waals surface area contributed by atoms with Crippen molar-refractivity contribution >= 4 is 38.9 Å². The third kappa shape index (κ3) is 2.54. The topological polar surface area (TPSA) is 0 Å². The molecule has 0 fully saturated rings. The smallest absolute Gasteiger partial charge is 0.163 e. The van der Waals surface area contributed by atoms with Crippen molar-refractivity contribution in [3.05, 3.63) is 55.7 Å². The molecular weight excluding hydrogens is 330 g/mol. The first-order chi connectivity index (χ1) is 8.00. The van der Waals surface area contributed by atoms with Crippen LogP contribution < -0.4 is 0 Å². The van der Waals surface area contributed by atoms with Crippen molar-refractivity contribution < 1.29 is 8.78 Å². The quantitative estimate of drug-likeness (QED) is 0.641. The molecule has 0 N–H and O–H groups in total. The van der Waals surface area contributed by atoms with Crippen LogP contribution in [-0.4, -0.2) is 0 Å². The Morgan fingerprint density at radius 3 is 2.65 bits per heavy atom. The molecule has 0 radical (unpaired) electrons. The summed E-state index contributed by atoms with van der Waals surface area (Å²) in [5, 5.41) is -0.666. The highest BCUT2D eigenvalue weighted by molar-refractivity contribution is 9.10. The van der Waals surface area contributed by atoms with E-state index in [2.05, 4.69) is 15.9 Å². The molecule has 1 heterocycles. The van der Waals surface area contributed by atoms with E-state index in [1.54, 1.807) is 0 Å². The van der Waals surface area contributed by atoms with E-state index in [1.807, 2.05) is 13.0 Å². The molecule has 0 nitrogen and oxygen atoms in total. The van der Waals surface area contributed by atoms with E-state index in [-0.39, 0.29) is 5.56 Å². The monoisotopic (exact) mass is 336 g/mol. The number of halogens is 4. The summed E-state index contributed by atoms with van der Waals surface area (Å²) in [5.74, 6) is -1.75. The van der Waals surface area contributed by atoms with Crippen molar-refractivity contribution in [1.82, 2.24) is 0 Å². The van der Waals surface area contributed by atoms with Crippen LogP contribution in [-0.2, 0) is 0 Å². The van der Waals surface area contributed by atoms with E-state index < -0.39 is 17.0 Å². The summed E-state index contributed by atoms with van der Waals surface area (Å²) in [6.07, 6.45) is 0. The Morgan fingerprint density at radius 2 is 2.06 bits per heavy atom. The SMILES string of the molecule is Cc1sc(C(Cl)c2cccc(F)c2F)cc1Br. The highest BCUT2D eigenvalue weighted by Crippen LogP contribution is 2.38. The van der Waals surface area contributed by atoms with Crippen molar-refractivity contribution in [1.29, 1.82) is 0 Å². The summed E-state index contributed by atoms with van der Waals surface area (Å²) < 4.78 is 27.6. The molecule has 0 aliphatic carbocycles. The normalized spacial score (nSPS) is 12.8. The molecule has 0 saturated heterocycles. The van der Waals surface area contributed by atoms with Crippen LogP contribution in [0.4, 0.5) is 8.78 Å². The first-order valence-electron chi connectivity index (χ1n) is 4.84. The van der Waals surface area contributed by atoms with Gasteiger partial charge in [-0.2, -0.15) is 0 Å². The van der Waals surface area contributed by atoms with Gasteiger partial charge in [-0.1, -0.05) is 12.1 Å². The molecule has 0 bridgehead atoms. The molecule has 17 heavy (non-hydrogen) atoms. The van der Waals surface area contributed by atoms with Crippen LogP contribution in [0.5, 0.6) is 0 Å². The van der Waals surface area contributed by atoms with Crippen LogP contribution in [0, 0.1) is 18.6 Å². The van der Waals surface area contributed by atoms with Gasteiger partial charge in [0, 0.05) is 19.8 Å². The fourth-order valence-electron chi connectivity index (χ4n) is 1.48. The number of rotatable bonds is 2. The Kier molecular flexibility index (Phi) is 3.85. The van der Waals surface area contributed by atoms with Crippen molar-refractivity contribution in [3.8, 4) is 0 Å². The van der Waals surface area contributed by atoms with Gasteiger partial charge >= 0.3 is 0 Å². The lowest BCUT2D eigenvalue weighted by Crippen LogP contribution is -1.97. The molecule has 1 aromatic carbocycles. The lowest BCUT2D eigenvalue weighted by Gasteiger charge is -2.09. The Morgan fingerprint density at radius 1 is 1.35 bits per heavy atom. The first-order valence-corrected chi connectivity index (χ1v) is 6.89. The molecule has 1 atom stereocenters. The second-order valence-electron chi connectivity index (χ2n) is 3.56. The Labute approximate surface area is 115 Å². The van der Waals surface area contributed by atoms with Gasteiger partial charge in [0.1, 0.15) is 0 Å². The predicted molar refractivity (Wildman–Crippen MR) is 70.8 cm³/mol. The summed E-state index contributed by atoms with van der Waals surface area (Å²) >= 11 is 11.0. The first kappa shape index (κ1) is 13.0. The Bertz CT molecular complexity index is 534. The molecule has 0 aliphatic rings. The summed E-state index contributed by atoms with van der Waals surface area (Å²) in [5.41, 5.74) is 0.167. The second-order valence-corrected chi connectivity index (χ2v) is 6.14. The van der Waals surface area contributed by atoms with Gasteiger partial charge in [-0.3, -0.25) is 0 Å². The van der Waals surface area contributed by atoms with Gasteiger partial charge in [0.15, 0.2) is 11.6 Å². The molecule has 5 heteroatoms. The minimum atomic E-state index is -0.880. The summed E-state index contributed by atoms with van der Waals surface area (Å²) in [6.45, 7) is 1.93. The average Bonchev–Trinajstić information content (AvgIpc) is 2.62. The maximum atomic E-state index is 13.6. The van der Waals surface area contributed by atoms with Crippen molar-refractivity contribution in [2.45, 2.75) is 12.3 Å².